The summed E-state index contributed by atoms with van der Waals surface area (Å²) in [4.78, 5) is 11.9. The van der Waals surface area contributed by atoms with Crippen molar-refractivity contribution in [1.82, 2.24) is 0 Å². The average Bonchev–Trinajstić information content (AvgIpc) is 2.48. The highest BCUT2D eigenvalue weighted by Gasteiger charge is 2.05. The number of Topliss-reactive ketones (excluding diaryl/α,β-unsaturated/α-hetero) is 1. The predicted molar refractivity (Wildman–Crippen MR) is 79.7 cm³/mol. The standard InChI is InChI=1S/C17H18FNO/c1-2-13-3-9-16(10-4-13)19-12-11-17(20)14-5-7-15(18)8-6-14/h3-10,19H,2,11-12H2,1H3. The molecular weight excluding hydrogens is 253 g/mol. The molecule has 0 aliphatic carbocycles. The van der Waals surface area contributed by atoms with Crippen LogP contribution in [0.3, 0.4) is 0 Å². The van der Waals surface area contributed by atoms with Crippen molar-refractivity contribution in [2.45, 2.75) is 19.8 Å². The molecule has 3 heteroatoms. The molecule has 2 rings (SSSR count). The van der Waals surface area contributed by atoms with Gasteiger partial charge < -0.3 is 5.32 Å². The number of aryl methyl sites for hydroxylation is 1. The van der Waals surface area contributed by atoms with Crippen LogP contribution in [0.25, 0.3) is 0 Å². The number of anilines is 1. The van der Waals surface area contributed by atoms with Crippen molar-refractivity contribution in [1.29, 1.82) is 0 Å². The Kier molecular flexibility index (Phi) is 4.88. The molecule has 0 amide bonds. The molecule has 0 heterocycles. The van der Waals surface area contributed by atoms with E-state index in [-0.39, 0.29) is 11.6 Å². The summed E-state index contributed by atoms with van der Waals surface area (Å²) in [6, 6.07) is 13.8. The molecule has 2 nitrogen and oxygen atoms in total. The normalized spacial score (nSPS) is 10.3. The minimum absolute atomic E-state index is 0.0164. The van der Waals surface area contributed by atoms with E-state index in [1.54, 1.807) is 0 Å². The zero-order chi connectivity index (χ0) is 14.4. The number of hydrogen-bond acceptors (Lipinski definition) is 2. The van der Waals surface area contributed by atoms with Gasteiger partial charge in [-0.3, -0.25) is 4.79 Å². The number of hydrogen-bond donors (Lipinski definition) is 1. The van der Waals surface area contributed by atoms with Crippen molar-refractivity contribution < 1.29 is 9.18 Å². The Bertz CT molecular complexity index is 561. The number of nitrogens with one attached hydrogen (secondary N) is 1. The summed E-state index contributed by atoms with van der Waals surface area (Å²) in [7, 11) is 0. The first-order valence-corrected chi connectivity index (χ1v) is 6.80. The lowest BCUT2D eigenvalue weighted by Gasteiger charge is -2.07. The van der Waals surface area contributed by atoms with Crippen molar-refractivity contribution in [3.63, 3.8) is 0 Å². The van der Waals surface area contributed by atoms with Crippen LogP contribution in [-0.4, -0.2) is 12.3 Å². The van der Waals surface area contributed by atoms with E-state index in [1.165, 1.54) is 29.8 Å². The van der Waals surface area contributed by atoms with Gasteiger partial charge in [0.25, 0.3) is 0 Å². The maximum atomic E-state index is 12.8. The smallest absolute Gasteiger partial charge is 0.164 e. The highest BCUT2D eigenvalue weighted by Crippen LogP contribution is 2.11. The Labute approximate surface area is 118 Å². The molecule has 0 aromatic heterocycles. The van der Waals surface area contributed by atoms with E-state index in [0.717, 1.165) is 12.1 Å². The van der Waals surface area contributed by atoms with Crippen LogP contribution in [0, 0.1) is 5.82 Å². The van der Waals surface area contributed by atoms with Crippen LogP contribution in [0.4, 0.5) is 10.1 Å². The zero-order valence-corrected chi connectivity index (χ0v) is 11.5. The van der Waals surface area contributed by atoms with Gasteiger partial charge in [-0.2, -0.15) is 0 Å². The van der Waals surface area contributed by atoms with Gasteiger partial charge in [-0.05, 0) is 48.4 Å². The maximum absolute atomic E-state index is 12.8. The summed E-state index contributed by atoms with van der Waals surface area (Å²) in [6.45, 7) is 2.69. The van der Waals surface area contributed by atoms with Gasteiger partial charge in [-0.25, -0.2) is 4.39 Å². The van der Waals surface area contributed by atoms with Gasteiger partial charge in [0.05, 0.1) is 0 Å². The van der Waals surface area contributed by atoms with Crippen molar-refractivity contribution in [3.05, 3.63) is 65.5 Å². The molecule has 0 radical (unpaired) electrons. The second-order valence-electron chi connectivity index (χ2n) is 4.66. The van der Waals surface area contributed by atoms with E-state index in [2.05, 4.69) is 24.4 Å². The molecule has 0 spiro atoms. The first kappa shape index (κ1) is 14.3. The Hall–Kier alpha value is -2.16. The molecule has 0 fully saturated rings. The molecule has 0 atom stereocenters. The SMILES string of the molecule is CCc1ccc(NCCC(=O)c2ccc(F)cc2)cc1. The first-order chi connectivity index (χ1) is 9.69. The van der Waals surface area contributed by atoms with Crippen LogP contribution >= 0.6 is 0 Å². The van der Waals surface area contributed by atoms with Crippen LogP contribution in [0.5, 0.6) is 0 Å². The van der Waals surface area contributed by atoms with Gasteiger partial charge in [0.2, 0.25) is 0 Å². The summed E-state index contributed by atoms with van der Waals surface area (Å²) in [6.07, 6.45) is 1.41. The fraction of sp³-hybridized carbons (Fsp3) is 0.235. The van der Waals surface area contributed by atoms with E-state index in [4.69, 9.17) is 0 Å². The number of rotatable bonds is 6. The third-order valence-electron chi connectivity index (χ3n) is 3.21. The van der Waals surface area contributed by atoms with E-state index in [9.17, 15) is 9.18 Å². The topological polar surface area (TPSA) is 29.1 Å². The van der Waals surface area contributed by atoms with Crippen molar-refractivity contribution in [3.8, 4) is 0 Å². The quantitative estimate of drug-likeness (QED) is 0.802. The molecule has 0 unspecified atom stereocenters. The second kappa shape index (κ2) is 6.85. The largest absolute Gasteiger partial charge is 0.385 e. The number of benzene rings is 2. The predicted octanol–water partition coefficient (Wildman–Crippen LogP) is 4.07. The average molecular weight is 271 g/mol. The van der Waals surface area contributed by atoms with Gasteiger partial charge in [0.1, 0.15) is 5.82 Å². The Balaban J connectivity index is 1.82. The minimum Gasteiger partial charge on any atom is -0.385 e. The molecule has 0 saturated carbocycles. The molecular formula is C17H18FNO. The summed E-state index contributed by atoms with van der Waals surface area (Å²) >= 11 is 0. The number of carbonyl (C=O) groups is 1. The summed E-state index contributed by atoms with van der Waals surface area (Å²) < 4.78 is 12.8. The molecule has 1 N–H and O–H groups in total. The van der Waals surface area contributed by atoms with Gasteiger partial charge in [0.15, 0.2) is 5.78 Å². The highest BCUT2D eigenvalue weighted by atomic mass is 19.1. The highest BCUT2D eigenvalue weighted by molar-refractivity contribution is 5.96. The Morgan fingerprint density at radius 3 is 2.30 bits per heavy atom. The molecule has 0 aliphatic heterocycles. The molecule has 2 aromatic rings. The monoisotopic (exact) mass is 271 g/mol. The molecule has 2 aromatic carbocycles. The van der Waals surface area contributed by atoms with Crippen molar-refractivity contribution in [2.75, 3.05) is 11.9 Å². The minimum atomic E-state index is -0.323. The van der Waals surface area contributed by atoms with Crippen molar-refractivity contribution in [2.24, 2.45) is 0 Å². The van der Waals surface area contributed by atoms with E-state index < -0.39 is 0 Å². The Morgan fingerprint density at radius 2 is 1.70 bits per heavy atom. The molecule has 0 bridgehead atoms. The zero-order valence-electron chi connectivity index (χ0n) is 11.5. The van der Waals surface area contributed by atoms with Crippen molar-refractivity contribution >= 4 is 11.5 Å². The maximum Gasteiger partial charge on any atom is 0.164 e. The summed E-state index contributed by atoms with van der Waals surface area (Å²) in [5, 5.41) is 3.21. The van der Waals surface area contributed by atoms with Gasteiger partial charge in [-0.15, -0.1) is 0 Å². The van der Waals surface area contributed by atoms with E-state index in [0.29, 0.717) is 18.5 Å². The molecule has 104 valence electrons. The molecule has 0 aliphatic rings. The molecule has 0 saturated heterocycles. The fourth-order valence-electron chi connectivity index (χ4n) is 1.96. The van der Waals surface area contributed by atoms with Crippen LogP contribution < -0.4 is 5.32 Å². The summed E-state index contributed by atoms with van der Waals surface area (Å²) in [5.41, 5.74) is 2.85. The van der Waals surface area contributed by atoms with Crippen LogP contribution in [0.2, 0.25) is 0 Å². The lowest BCUT2D eigenvalue weighted by molar-refractivity contribution is 0.0986. The van der Waals surface area contributed by atoms with Crippen LogP contribution in [0.15, 0.2) is 48.5 Å². The number of ketones is 1. The summed E-state index contributed by atoms with van der Waals surface area (Å²) in [5.74, 6) is -0.307. The third-order valence-corrected chi connectivity index (χ3v) is 3.21. The van der Waals surface area contributed by atoms with Gasteiger partial charge in [0, 0.05) is 24.2 Å². The number of carbonyl (C=O) groups excluding carboxylic acids is 1. The van der Waals surface area contributed by atoms with Gasteiger partial charge in [-0.1, -0.05) is 19.1 Å². The first-order valence-electron chi connectivity index (χ1n) is 6.80. The lowest BCUT2D eigenvalue weighted by Crippen LogP contribution is -2.08. The second-order valence-corrected chi connectivity index (χ2v) is 4.66. The van der Waals surface area contributed by atoms with Crippen LogP contribution in [-0.2, 0) is 6.42 Å². The van der Waals surface area contributed by atoms with E-state index in [1.807, 2.05) is 12.1 Å². The molecule has 20 heavy (non-hydrogen) atoms. The fourth-order valence-corrected chi connectivity index (χ4v) is 1.96. The van der Waals surface area contributed by atoms with Crippen LogP contribution in [0.1, 0.15) is 29.3 Å². The lowest BCUT2D eigenvalue weighted by atomic mass is 10.1. The third kappa shape index (κ3) is 3.92. The van der Waals surface area contributed by atoms with E-state index >= 15 is 0 Å². The number of halogens is 1. The Morgan fingerprint density at radius 1 is 1.05 bits per heavy atom. The van der Waals surface area contributed by atoms with Gasteiger partial charge >= 0.3 is 0 Å².